The number of aryl methyl sites for hydroxylation is 1. The zero-order valence-corrected chi connectivity index (χ0v) is 23.5. The van der Waals surface area contributed by atoms with Crippen LogP contribution in [0.1, 0.15) is 32.0 Å². The molecule has 0 radical (unpaired) electrons. The first kappa shape index (κ1) is 26.4. The van der Waals surface area contributed by atoms with Gasteiger partial charge in [0.1, 0.15) is 5.69 Å². The Balaban J connectivity index is 1.49. The van der Waals surface area contributed by atoms with Crippen LogP contribution >= 0.6 is 0 Å². The number of allylic oxidation sites excluding steroid dienone is 4. The zero-order valence-electron chi connectivity index (χ0n) is 23.5. The molecular weight excluding hydrogens is 484 g/mol. The Kier molecular flexibility index (Phi) is 7.65. The molecule has 0 atom stereocenters. The van der Waals surface area contributed by atoms with Gasteiger partial charge < -0.3 is 20.1 Å². The Morgan fingerprint density at radius 2 is 1.90 bits per heavy atom. The second-order valence-electron chi connectivity index (χ2n) is 10.5. The van der Waals surface area contributed by atoms with E-state index in [0.717, 1.165) is 76.8 Å². The van der Waals surface area contributed by atoms with Gasteiger partial charge in [0.2, 0.25) is 0 Å². The molecule has 8 nitrogen and oxygen atoms in total. The molecule has 1 fully saturated rings. The van der Waals surface area contributed by atoms with Gasteiger partial charge in [-0.15, -0.1) is 0 Å². The van der Waals surface area contributed by atoms with Crippen molar-refractivity contribution in [1.29, 1.82) is 0 Å². The van der Waals surface area contributed by atoms with Crippen LogP contribution in [0.5, 0.6) is 0 Å². The molecule has 202 valence electrons. The van der Waals surface area contributed by atoms with Crippen LogP contribution in [0, 0.1) is 12.8 Å². The van der Waals surface area contributed by atoms with Gasteiger partial charge in [-0.25, -0.2) is 0 Å². The molecule has 0 unspecified atom stereocenters. The lowest BCUT2D eigenvalue weighted by atomic mass is 10.1. The number of hydrogen-bond donors (Lipinski definition) is 3. The highest BCUT2D eigenvalue weighted by atomic mass is 15.3. The minimum atomic E-state index is 0.329. The van der Waals surface area contributed by atoms with Crippen LogP contribution in [0.3, 0.4) is 0 Å². The third-order valence-electron chi connectivity index (χ3n) is 7.32. The number of H-pyrrole nitrogens is 2. The molecule has 0 bridgehead atoms. The average Bonchev–Trinajstić information content (AvgIpc) is 3.53. The van der Waals surface area contributed by atoms with Crippen LogP contribution in [0.2, 0.25) is 0 Å². The fourth-order valence-corrected chi connectivity index (χ4v) is 4.81. The van der Waals surface area contributed by atoms with Gasteiger partial charge >= 0.3 is 0 Å². The summed E-state index contributed by atoms with van der Waals surface area (Å²) < 4.78 is 0. The summed E-state index contributed by atoms with van der Waals surface area (Å²) in [6, 6.07) is 6.36. The molecule has 39 heavy (non-hydrogen) atoms. The lowest BCUT2D eigenvalue weighted by Gasteiger charge is -2.35. The second-order valence-corrected chi connectivity index (χ2v) is 10.5. The molecule has 0 aliphatic carbocycles. The van der Waals surface area contributed by atoms with Gasteiger partial charge in [0, 0.05) is 66.0 Å². The first-order valence-electron chi connectivity index (χ1n) is 13.6. The Morgan fingerprint density at radius 1 is 1.10 bits per heavy atom. The summed E-state index contributed by atoms with van der Waals surface area (Å²) in [5.74, 6) is 0.329. The van der Waals surface area contributed by atoms with Crippen LogP contribution in [0.15, 0.2) is 67.3 Å². The number of hydrogen-bond acceptors (Lipinski definition) is 6. The molecule has 0 amide bonds. The van der Waals surface area contributed by atoms with Gasteiger partial charge in [0.25, 0.3) is 0 Å². The van der Waals surface area contributed by atoms with Crippen LogP contribution in [0.25, 0.3) is 39.2 Å². The van der Waals surface area contributed by atoms with Crippen LogP contribution < -0.4 is 5.32 Å². The van der Waals surface area contributed by atoms with E-state index in [1.54, 1.807) is 6.20 Å². The highest BCUT2D eigenvalue weighted by Gasteiger charge is 2.21. The van der Waals surface area contributed by atoms with Crippen molar-refractivity contribution in [2.75, 3.05) is 38.5 Å². The molecule has 5 heterocycles. The number of nitrogens with zero attached hydrogens (tertiary/aromatic N) is 5. The maximum Gasteiger partial charge on any atom is 0.116 e. The molecule has 0 aromatic carbocycles. The Labute approximate surface area is 230 Å². The normalized spacial score (nSPS) is 15.1. The minimum Gasteiger partial charge on any atom is -0.368 e. The van der Waals surface area contributed by atoms with E-state index in [0.29, 0.717) is 5.92 Å². The highest BCUT2D eigenvalue weighted by molar-refractivity contribution is 5.94. The molecule has 0 saturated carbocycles. The number of nitrogens with one attached hydrogen (secondary N) is 3. The SMILES string of the molecule is C=C(Nc1cncc(-c2cc3c(-c4cc(/C(=C\C=C/C)N5CCN(C)CC5)c(C)[nH]4)n[nH]c3cn2)c1)C(C)C. The summed E-state index contributed by atoms with van der Waals surface area (Å²) in [5, 5.41) is 12.2. The van der Waals surface area contributed by atoms with E-state index < -0.39 is 0 Å². The number of aromatic amines is 2. The minimum absolute atomic E-state index is 0.329. The molecule has 8 heteroatoms. The monoisotopic (exact) mass is 522 g/mol. The summed E-state index contributed by atoms with van der Waals surface area (Å²) in [4.78, 5) is 17.6. The van der Waals surface area contributed by atoms with E-state index in [9.17, 15) is 0 Å². The fraction of sp³-hybridized carbons (Fsp3) is 0.323. The third-order valence-corrected chi connectivity index (χ3v) is 7.32. The number of pyridine rings is 2. The second kappa shape index (κ2) is 11.3. The topological polar surface area (TPSA) is 88.8 Å². The first-order chi connectivity index (χ1) is 18.8. The van der Waals surface area contributed by atoms with Crippen LogP contribution in [0.4, 0.5) is 5.69 Å². The Bertz CT molecular complexity index is 1530. The van der Waals surface area contributed by atoms with Crippen molar-refractivity contribution in [2.24, 2.45) is 5.92 Å². The van der Waals surface area contributed by atoms with Crippen LogP contribution in [-0.4, -0.2) is 68.2 Å². The van der Waals surface area contributed by atoms with Gasteiger partial charge in [-0.05, 0) is 51.1 Å². The van der Waals surface area contributed by atoms with Gasteiger partial charge in [0.05, 0.1) is 35.0 Å². The summed E-state index contributed by atoms with van der Waals surface area (Å²) >= 11 is 0. The zero-order chi connectivity index (χ0) is 27.5. The molecule has 1 aliphatic rings. The number of aromatic nitrogens is 5. The standard InChI is InChI=1S/C31H38N8/c1-7-8-9-30(39-12-10-38(6)11-13-39)25-15-28(35-22(25)5)31-26-16-27(33-19-29(26)36-37-31)23-14-24(18-32-17-23)34-21(4)20(2)3/h7-9,14-20,34-35H,4,10-13H2,1-3,5-6H3,(H,36,37)/b8-7-,30-9+. The average molecular weight is 523 g/mol. The number of piperazine rings is 1. The van der Waals surface area contributed by atoms with Crippen molar-refractivity contribution >= 4 is 22.3 Å². The van der Waals surface area contributed by atoms with E-state index in [-0.39, 0.29) is 0 Å². The number of anilines is 1. The lowest BCUT2D eigenvalue weighted by molar-refractivity contribution is 0.207. The fourth-order valence-electron chi connectivity index (χ4n) is 4.81. The van der Waals surface area contributed by atoms with E-state index in [4.69, 9.17) is 4.98 Å². The quantitative estimate of drug-likeness (QED) is 0.244. The maximum absolute atomic E-state index is 4.69. The summed E-state index contributed by atoms with van der Waals surface area (Å²) in [7, 11) is 2.18. The molecule has 1 aliphatic heterocycles. The highest BCUT2D eigenvalue weighted by Crippen LogP contribution is 2.33. The van der Waals surface area contributed by atoms with Crippen molar-refractivity contribution in [2.45, 2.75) is 27.7 Å². The molecule has 1 saturated heterocycles. The van der Waals surface area contributed by atoms with Gasteiger partial charge in [-0.3, -0.25) is 15.1 Å². The van der Waals surface area contributed by atoms with Gasteiger partial charge in [-0.1, -0.05) is 32.6 Å². The van der Waals surface area contributed by atoms with E-state index in [1.165, 1.54) is 11.3 Å². The molecule has 0 spiro atoms. The van der Waals surface area contributed by atoms with Crippen molar-refractivity contribution in [3.05, 3.63) is 78.6 Å². The number of likely N-dealkylation sites (N-methyl/N-ethyl adjacent to an activating group) is 1. The molecule has 4 aromatic heterocycles. The summed E-state index contributed by atoms with van der Waals surface area (Å²) in [6.45, 7) is 16.7. The smallest absolute Gasteiger partial charge is 0.116 e. The van der Waals surface area contributed by atoms with Gasteiger partial charge in [0.15, 0.2) is 0 Å². The van der Waals surface area contributed by atoms with Crippen molar-refractivity contribution in [3.8, 4) is 22.6 Å². The Morgan fingerprint density at radius 3 is 2.64 bits per heavy atom. The predicted molar refractivity (Wildman–Crippen MR) is 161 cm³/mol. The largest absolute Gasteiger partial charge is 0.368 e. The molecule has 3 N–H and O–H groups in total. The van der Waals surface area contributed by atoms with Crippen LogP contribution in [-0.2, 0) is 0 Å². The molecular formula is C31H38N8. The lowest BCUT2D eigenvalue weighted by Crippen LogP contribution is -2.43. The van der Waals surface area contributed by atoms with E-state index in [2.05, 4.69) is 113 Å². The molecule has 5 rings (SSSR count). The molecule has 4 aromatic rings. The number of rotatable bonds is 8. The van der Waals surface area contributed by atoms with Crippen molar-refractivity contribution in [1.82, 2.24) is 34.9 Å². The van der Waals surface area contributed by atoms with E-state index >= 15 is 0 Å². The Hall–Kier alpha value is -4.17. The van der Waals surface area contributed by atoms with Gasteiger partial charge in [-0.2, -0.15) is 5.10 Å². The summed E-state index contributed by atoms with van der Waals surface area (Å²) in [6.07, 6.45) is 11.9. The maximum atomic E-state index is 4.69. The predicted octanol–water partition coefficient (Wildman–Crippen LogP) is 6.07. The summed E-state index contributed by atoms with van der Waals surface area (Å²) in [5.41, 5.74) is 9.93. The van der Waals surface area contributed by atoms with Crippen molar-refractivity contribution < 1.29 is 0 Å². The van der Waals surface area contributed by atoms with E-state index in [1.807, 2.05) is 12.4 Å². The first-order valence-corrected chi connectivity index (χ1v) is 13.6. The third kappa shape index (κ3) is 5.66. The number of fused-ring (bicyclic) bond motifs is 1. The van der Waals surface area contributed by atoms with Crippen molar-refractivity contribution in [3.63, 3.8) is 0 Å².